The molecule has 1 saturated heterocycles. The Labute approximate surface area is 116 Å². The molecule has 2 heterocycles. The third-order valence-electron chi connectivity index (χ3n) is 4.04. The number of nitrogens with two attached hydrogens (primary N) is 1. The monoisotopic (exact) mass is 262 g/mol. The third-order valence-corrected chi connectivity index (χ3v) is 4.04. The first-order valence-corrected chi connectivity index (χ1v) is 7.16. The molecular formula is C15H26N4. The molecule has 106 valence electrons. The lowest BCUT2D eigenvalue weighted by Gasteiger charge is -2.41. The lowest BCUT2D eigenvalue weighted by molar-refractivity contribution is 0.0847. The van der Waals surface area contributed by atoms with Gasteiger partial charge in [0.1, 0.15) is 0 Å². The van der Waals surface area contributed by atoms with E-state index in [-0.39, 0.29) is 12.1 Å². The number of hydrogen-bond acceptors (Lipinski definition) is 4. The highest BCUT2D eigenvalue weighted by atomic mass is 15.2. The minimum atomic E-state index is 0.0933. The number of pyridine rings is 1. The summed E-state index contributed by atoms with van der Waals surface area (Å²) >= 11 is 0. The van der Waals surface area contributed by atoms with Gasteiger partial charge in [0.05, 0.1) is 11.7 Å². The maximum Gasteiger partial charge on any atom is 0.0671 e. The average Bonchev–Trinajstić information content (AvgIpc) is 2.40. The Balaban J connectivity index is 2.15. The van der Waals surface area contributed by atoms with Crippen molar-refractivity contribution in [1.82, 2.24) is 14.8 Å². The Hall–Kier alpha value is -0.970. The predicted octanol–water partition coefficient (Wildman–Crippen LogP) is 1.50. The van der Waals surface area contributed by atoms with Crippen molar-refractivity contribution in [1.29, 1.82) is 0 Å². The van der Waals surface area contributed by atoms with E-state index in [1.54, 1.807) is 0 Å². The Morgan fingerprint density at radius 2 is 2.21 bits per heavy atom. The van der Waals surface area contributed by atoms with Crippen molar-refractivity contribution >= 4 is 0 Å². The molecule has 1 aromatic rings. The van der Waals surface area contributed by atoms with E-state index < -0.39 is 0 Å². The molecule has 1 aliphatic heterocycles. The molecule has 0 radical (unpaired) electrons. The largest absolute Gasteiger partial charge is 0.326 e. The molecule has 0 aliphatic carbocycles. The molecule has 19 heavy (non-hydrogen) atoms. The first-order valence-electron chi connectivity index (χ1n) is 7.16. The van der Waals surface area contributed by atoms with Crippen LogP contribution < -0.4 is 5.73 Å². The van der Waals surface area contributed by atoms with E-state index in [9.17, 15) is 0 Å². The molecule has 2 N–H and O–H groups in total. The summed E-state index contributed by atoms with van der Waals surface area (Å²) in [5.74, 6) is 0. The molecule has 1 aromatic heterocycles. The number of rotatable bonds is 4. The number of likely N-dealkylation sites (tertiary alicyclic amines) is 1. The van der Waals surface area contributed by atoms with Crippen LogP contribution in [0.25, 0.3) is 0 Å². The highest BCUT2D eigenvalue weighted by Crippen LogP contribution is 2.26. The zero-order valence-corrected chi connectivity index (χ0v) is 12.3. The van der Waals surface area contributed by atoms with Crippen molar-refractivity contribution in [3.63, 3.8) is 0 Å². The van der Waals surface area contributed by atoms with Gasteiger partial charge in [0.2, 0.25) is 0 Å². The molecule has 3 atom stereocenters. The Kier molecular flexibility index (Phi) is 4.91. The Morgan fingerprint density at radius 1 is 1.42 bits per heavy atom. The second kappa shape index (κ2) is 6.46. The van der Waals surface area contributed by atoms with E-state index in [2.05, 4.69) is 41.9 Å². The van der Waals surface area contributed by atoms with Gasteiger partial charge in [-0.25, -0.2) is 0 Å². The molecule has 0 bridgehead atoms. The van der Waals surface area contributed by atoms with Crippen LogP contribution in [0.1, 0.15) is 31.5 Å². The van der Waals surface area contributed by atoms with Crippen LogP contribution in [0.5, 0.6) is 0 Å². The van der Waals surface area contributed by atoms with Crippen molar-refractivity contribution in [2.24, 2.45) is 5.73 Å². The molecule has 4 heteroatoms. The molecule has 0 saturated carbocycles. The van der Waals surface area contributed by atoms with Crippen molar-refractivity contribution < 1.29 is 0 Å². The zero-order chi connectivity index (χ0) is 13.8. The quantitative estimate of drug-likeness (QED) is 0.893. The molecule has 4 nitrogen and oxygen atoms in total. The third kappa shape index (κ3) is 3.53. The van der Waals surface area contributed by atoms with Crippen LogP contribution >= 0.6 is 0 Å². The summed E-state index contributed by atoms with van der Waals surface area (Å²) in [6.45, 7) is 4.28. The van der Waals surface area contributed by atoms with Gasteiger partial charge >= 0.3 is 0 Å². The first kappa shape index (κ1) is 14.4. The van der Waals surface area contributed by atoms with Crippen LogP contribution in [0.15, 0.2) is 24.4 Å². The second-order valence-corrected chi connectivity index (χ2v) is 5.81. The minimum Gasteiger partial charge on any atom is -0.326 e. The average molecular weight is 262 g/mol. The van der Waals surface area contributed by atoms with Crippen LogP contribution in [0.2, 0.25) is 0 Å². The minimum absolute atomic E-state index is 0.0933. The molecule has 0 amide bonds. The number of aromatic nitrogens is 1. The van der Waals surface area contributed by atoms with Gasteiger partial charge in [-0.3, -0.25) is 9.88 Å². The fraction of sp³-hybridized carbons (Fsp3) is 0.667. The fourth-order valence-electron chi connectivity index (χ4n) is 3.00. The van der Waals surface area contributed by atoms with Crippen LogP contribution in [0.4, 0.5) is 0 Å². The standard InChI is InChI=1S/C15H26N4/c1-12(16)15(14-8-4-5-9-17-14)19-10-6-7-13(11-19)18(2)3/h4-5,8-9,12-13,15H,6-7,10-11,16H2,1-3H3. The lowest BCUT2D eigenvalue weighted by atomic mass is 9.98. The van der Waals surface area contributed by atoms with E-state index in [0.29, 0.717) is 6.04 Å². The smallest absolute Gasteiger partial charge is 0.0671 e. The summed E-state index contributed by atoms with van der Waals surface area (Å²) in [4.78, 5) is 9.33. The summed E-state index contributed by atoms with van der Waals surface area (Å²) < 4.78 is 0. The summed E-state index contributed by atoms with van der Waals surface area (Å²) in [7, 11) is 4.33. The van der Waals surface area contributed by atoms with Crippen molar-refractivity contribution in [3.8, 4) is 0 Å². The Bertz CT molecular complexity index is 377. The zero-order valence-electron chi connectivity index (χ0n) is 12.3. The van der Waals surface area contributed by atoms with Gasteiger partial charge in [-0.1, -0.05) is 6.07 Å². The maximum absolute atomic E-state index is 6.23. The topological polar surface area (TPSA) is 45.4 Å². The van der Waals surface area contributed by atoms with E-state index in [1.807, 2.05) is 18.3 Å². The summed E-state index contributed by atoms with van der Waals surface area (Å²) in [6, 6.07) is 7.04. The molecule has 2 rings (SSSR count). The number of nitrogens with zero attached hydrogens (tertiary/aromatic N) is 3. The van der Waals surface area contributed by atoms with Crippen LogP contribution in [0, 0.1) is 0 Å². The molecule has 1 fully saturated rings. The molecule has 3 unspecified atom stereocenters. The van der Waals surface area contributed by atoms with Gasteiger partial charge in [0.25, 0.3) is 0 Å². The lowest BCUT2D eigenvalue weighted by Crippen LogP contribution is -2.50. The number of piperidine rings is 1. The van der Waals surface area contributed by atoms with Crippen LogP contribution in [-0.2, 0) is 0 Å². The van der Waals surface area contributed by atoms with E-state index >= 15 is 0 Å². The highest BCUT2D eigenvalue weighted by Gasteiger charge is 2.30. The molecule has 0 spiro atoms. The molecule has 0 aromatic carbocycles. The summed E-state index contributed by atoms with van der Waals surface area (Å²) in [5.41, 5.74) is 7.32. The first-order chi connectivity index (χ1) is 9.09. The van der Waals surface area contributed by atoms with Gasteiger partial charge in [-0.15, -0.1) is 0 Å². The van der Waals surface area contributed by atoms with Gasteiger partial charge in [-0.2, -0.15) is 0 Å². The predicted molar refractivity (Wildman–Crippen MR) is 78.9 cm³/mol. The van der Waals surface area contributed by atoms with Crippen molar-refractivity contribution in [2.45, 2.75) is 37.9 Å². The van der Waals surface area contributed by atoms with E-state index in [1.165, 1.54) is 12.8 Å². The summed E-state index contributed by atoms with van der Waals surface area (Å²) in [5, 5.41) is 0. The van der Waals surface area contributed by atoms with Gasteiger partial charge in [0, 0.05) is 24.8 Å². The highest BCUT2D eigenvalue weighted by molar-refractivity contribution is 5.11. The van der Waals surface area contributed by atoms with E-state index in [0.717, 1.165) is 18.8 Å². The number of hydrogen-bond donors (Lipinski definition) is 1. The molecular weight excluding hydrogens is 236 g/mol. The second-order valence-electron chi connectivity index (χ2n) is 5.81. The van der Waals surface area contributed by atoms with Crippen molar-refractivity contribution in [2.75, 3.05) is 27.2 Å². The van der Waals surface area contributed by atoms with E-state index in [4.69, 9.17) is 5.73 Å². The van der Waals surface area contributed by atoms with Crippen molar-refractivity contribution in [3.05, 3.63) is 30.1 Å². The van der Waals surface area contributed by atoms with Gasteiger partial charge in [-0.05, 0) is 52.5 Å². The molecule has 1 aliphatic rings. The Morgan fingerprint density at radius 3 is 2.79 bits per heavy atom. The van der Waals surface area contributed by atoms with Gasteiger partial charge in [0.15, 0.2) is 0 Å². The van der Waals surface area contributed by atoms with Gasteiger partial charge < -0.3 is 10.6 Å². The van der Waals surface area contributed by atoms with Crippen LogP contribution in [-0.4, -0.2) is 54.1 Å². The number of likely N-dealkylation sites (N-methyl/N-ethyl adjacent to an activating group) is 1. The normalized spacial score (nSPS) is 24.4. The maximum atomic E-state index is 6.23. The fourth-order valence-corrected chi connectivity index (χ4v) is 3.00. The van der Waals surface area contributed by atoms with Crippen LogP contribution in [0.3, 0.4) is 0 Å². The summed E-state index contributed by atoms with van der Waals surface area (Å²) in [6.07, 6.45) is 4.37. The SMILES string of the molecule is CC(N)C(c1ccccn1)N1CCCC(N(C)C)C1.